The molecule has 1 aliphatic rings. The van der Waals surface area contributed by atoms with Gasteiger partial charge in [-0.3, -0.25) is 14.6 Å². The summed E-state index contributed by atoms with van der Waals surface area (Å²) in [6.45, 7) is 6.14. The van der Waals surface area contributed by atoms with Crippen LogP contribution in [0.15, 0.2) is 82.9 Å². The molecule has 164 valence electrons. The monoisotopic (exact) mass is 431 g/mol. The van der Waals surface area contributed by atoms with E-state index in [2.05, 4.69) is 23.7 Å². The Labute approximate surface area is 186 Å². The van der Waals surface area contributed by atoms with Gasteiger partial charge in [0.05, 0.1) is 17.9 Å². The number of anilines is 1. The van der Waals surface area contributed by atoms with E-state index in [4.69, 9.17) is 4.42 Å². The molecule has 1 amide bonds. The molecule has 1 atom stereocenters. The Hall–Kier alpha value is -3.87. The number of amides is 1. The fraction of sp³-hybridized carbons (Fsp3) is 0.240. The number of nitrogens with zero attached hydrogens (tertiary/aromatic N) is 3. The van der Waals surface area contributed by atoms with E-state index in [1.54, 1.807) is 30.6 Å². The minimum atomic E-state index is -0.737. The van der Waals surface area contributed by atoms with Gasteiger partial charge in [-0.1, -0.05) is 12.1 Å². The van der Waals surface area contributed by atoms with Gasteiger partial charge in [-0.2, -0.15) is 0 Å². The van der Waals surface area contributed by atoms with Crippen molar-refractivity contribution in [3.8, 4) is 0 Å². The molecule has 1 unspecified atom stereocenters. The third kappa shape index (κ3) is 3.89. The highest BCUT2D eigenvalue weighted by atomic mass is 16.3. The van der Waals surface area contributed by atoms with E-state index in [1.807, 2.05) is 24.3 Å². The van der Waals surface area contributed by atoms with E-state index in [1.165, 1.54) is 17.2 Å². The molecule has 7 nitrogen and oxygen atoms in total. The fourth-order valence-electron chi connectivity index (χ4n) is 4.08. The molecular weight excluding hydrogens is 406 g/mol. The standard InChI is InChI=1S/C25H25N3O4/c1-3-27(4-2)19-9-7-18(8-10-19)22-21(23(29)20-6-5-15-32-20)24(30)25(31)28(22)16-17-11-13-26-14-12-17/h5-15,22,30H,3-4,16H2,1-2H3. The molecule has 0 fully saturated rings. The molecule has 0 aliphatic carbocycles. The van der Waals surface area contributed by atoms with E-state index < -0.39 is 23.5 Å². The summed E-state index contributed by atoms with van der Waals surface area (Å²) in [7, 11) is 0. The second-order valence-corrected chi connectivity index (χ2v) is 7.52. The third-order valence-electron chi connectivity index (χ3n) is 5.73. The highest BCUT2D eigenvalue weighted by molar-refractivity contribution is 6.15. The smallest absolute Gasteiger partial charge is 0.290 e. The van der Waals surface area contributed by atoms with Crippen LogP contribution in [-0.2, 0) is 11.3 Å². The van der Waals surface area contributed by atoms with Crippen LogP contribution in [0.3, 0.4) is 0 Å². The minimum Gasteiger partial charge on any atom is -0.503 e. The SMILES string of the molecule is CCN(CC)c1ccc(C2C(C(=O)c3ccco3)=C(O)C(=O)N2Cc2ccncc2)cc1. The Morgan fingerprint density at radius 3 is 2.38 bits per heavy atom. The predicted molar refractivity (Wildman–Crippen MR) is 120 cm³/mol. The van der Waals surface area contributed by atoms with Gasteiger partial charge in [0.25, 0.3) is 5.91 Å². The first-order valence-corrected chi connectivity index (χ1v) is 10.6. The number of pyridine rings is 1. The summed E-state index contributed by atoms with van der Waals surface area (Å²) in [6, 6.07) is 13.7. The zero-order valence-electron chi connectivity index (χ0n) is 18.1. The third-order valence-corrected chi connectivity index (χ3v) is 5.73. The van der Waals surface area contributed by atoms with Crippen molar-refractivity contribution in [2.45, 2.75) is 26.4 Å². The minimum absolute atomic E-state index is 0.0228. The van der Waals surface area contributed by atoms with Crippen LogP contribution in [0.5, 0.6) is 0 Å². The van der Waals surface area contributed by atoms with Crippen molar-refractivity contribution in [1.82, 2.24) is 9.88 Å². The molecule has 1 aromatic carbocycles. The summed E-state index contributed by atoms with van der Waals surface area (Å²) in [4.78, 5) is 34.0. The van der Waals surface area contributed by atoms with E-state index >= 15 is 0 Å². The molecule has 0 radical (unpaired) electrons. The molecule has 3 heterocycles. The summed E-state index contributed by atoms with van der Waals surface area (Å²) in [5, 5.41) is 10.7. The number of rotatable bonds is 8. The molecule has 4 rings (SSSR count). The second kappa shape index (κ2) is 9.09. The second-order valence-electron chi connectivity index (χ2n) is 7.52. The van der Waals surface area contributed by atoms with Crippen LogP contribution < -0.4 is 4.90 Å². The lowest BCUT2D eigenvalue weighted by Crippen LogP contribution is -2.30. The summed E-state index contributed by atoms with van der Waals surface area (Å²) in [5.41, 5.74) is 2.66. The number of benzene rings is 1. The van der Waals surface area contributed by atoms with E-state index in [9.17, 15) is 14.7 Å². The van der Waals surface area contributed by atoms with Gasteiger partial charge >= 0.3 is 0 Å². The normalized spacial score (nSPS) is 16.0. The number of aliphatic hydroxyl groups excluding tert-OH is 1. The van der Waals surface area contributed by atoms with Gasteiger partial charge in [-0.25, -0.2) is 0 Å². The molecule has 1 N–H and O–H groups in total. The van der Waals surface area contributed by atoms with Crippen molar-refractivity contribution in [3.63, 3.8) is 0 Å². The summed E-state index contributed by atoms with van der Waals surface area (Å²) < 4.78 is 5.27. The van der Waals surface area contributed by atoms with Crippen molar-refractivity contribution in [3.05, 3.63) is 95.4 Å². The maximum Gasteiger partial charge on any atom is 0.290 e. The number of carbonyl (C=O) groups is 2. The molecule has 0 bridgehead atoms. The van der Waals surface area contributed by atoms with Crippen LogP contribution in [0.4, 0.5) is 5.69 Å². The highest BCUT2D eigenvalue weighted by Gasteiger charge is 2.44. The highest BCUT2D eigenvalue weighted by Crippen LogP contribution is 2.40. The van der Waals surface area contributed by atoms with Crippen LogP contribution in [0.1, 0.15) is 41.6 Å². The zero-order chi connectivity index (χ0) is 22.7. The molecule has 0 saturated heterocycles. The number of Topliss-reactive ketones (excluding diaryl/α,β-unsaturated/α-hetero) is 1. The molecule has 3 aromatic rings. The number of carbonyl (C=O) groups excluding carboxylic acids is 2. The number of hydrogen-bond acceptors (Lipinski definition) is 6. The first-order valence-electron chi connectivity index (χ1n) is 10.6. The van der Waals surface area contributed by atoms with Crippen LogP contribution in [0, 0.1) is 0 Å². The van der Waals surface area contributed by atoms with Crippen LogP contribution >= 0.6 is 0 Å². The van der Waals surface area contributed by atoms with Crippen LogP contribution in [-0.4, -0.2) is 39.8 Å². The molecule has 1 aliphatic heterocycles. The van der Waals surface area contributed by atoms with Gasteiger partial charge < -0.3 is 19.3 Å². The molecule has 7 heteroatoms. The fourth-order valence-corrected chi connectivity index (χ4v) is 4.08. The van der Waals surface area contributed by atoms with Crippen molar-refractivity contribution < 1.29 is 19.1 Å². The lowest BCUT2D eigenvalue weighted by atomic mass is 9.94. The van der Waals surface area contributed by atoms with Gasteiger partial charge in [-0.15, -0.1) is 0 Å². The van der Waals surface area contributed by atoms with Gasteiger partial charge in [-0.05, 0) is 61.4 Å². The lowest BCUT2D eigenvalue weighted by Gasteiger charge is -2.28. The van der Waals surface area contributed by atoms with Gasteiger partial charge in [0.15, 0.2) is 11.5 Å². The van der Waals surface area contributed by atoms with Crippen molar-refractivity contribution >= 4 is 17.4 Å². The number of aromatic nitrogens is 1. The summed E-state index contributed by atoms with van der Waals surface area (Å²) >= 11 is 0. The quantitative estimate of drug-likeness (QED) is 0.535. The van der Waals surface area contributed by atoms with Crippen LogP contribution in [0.2, 0.25) is 0 Å². The van der Waals surface area contributed by atoms with Gasteiger partial charge in [0.1, 0.15) is 0 Å². The molecule has 2 aromatic heterocycles. The number of hydrogen-bond donors (Lipinski definition) is 1. The lowest BCUT2D eigenvalue weighted by molar-refractivity contribution is -0.130. The van der Waals surface area contributed by atoms with Crippen molar-refractivity contribution in [2.75, 3.05) is 18.0 Å². The predicted octanol–water partition coefficient (Wildman–Crippen LogP) is 4.30. The average molecular weight is 431 g/mol. The van der Waals surface area contributed by atoms with Crippen molar-refractivity contribution in [1.29, 1.82) is 0 Å². The average Bonchev–Trinajstić information content (AvgIpc) is 3.44. The number of aliphatic hydroxyl groups is 1. The Morgan fingerprint density at radius 1 is 1.09 bits per heavy atom. The zero-order valence-corrected chi connectivity index (χ0v) is 18.1. The maximum absolute atomic E-state index is 13.2. The van der Waals surface area contributed by atoms with Crippen LogP contribution in [0.25, 0.3) is 0 Å². The Morgan fingerprint density at radius 2 is 1.78 bits per heavy atom. The molecule has 32 heavy (non-hydrogen) atoms. The van der Waals surface area contributed by atoms with E-state index in [0.29, 0.717) is 0 Å². The first kappa shape index (κ1) is 21.4. The van der Waals surface area contributed by atoms with E-state index in [-0.39, 0.29) is 17.9 Å². The van der Waals surface area contributed by atoms with E-state index in [0.717, 1.165) is 29.9 Å². The van der Waals surface area contributed by atoms with Crippen molar-refractivity contribution in [2.24, 2.45) is 0 Å². The number of ketones is 1. The summed E-state index contributed by atoms with van der Waals surface area (Å²) in [5.74, 6) is -1.56. The molecule has 0 spiro atoms. The Balaban J connectivity index is 1.76. The maximum atomic E-state index is 13.2. The summed E-state index contributed by atoms with van der Waals surface area (Å²) in [6.07, 6.45) is 4.68. The molecule has 0 saturated carbocycles. The van der Waals surface area contributed by atoms with Gasteiger partial charge in [0.2, 0.25) is 5.78 Å². The van der Waals surface area contributed by atoms with Gasteiger partial charge in [0, 0.05) is 37.7 Å². The Bertz CT molecular complexity index is 1120. The molecular formula is C25H25N3O4. The Kier molecular flexibility index (Phi) is 6.07. The topological polar surface area (TPSA) is 86.9 Å². The largest absolute Gasteiger partial charge is 0.503 e. The number of furan rings is 1. The first-order chi connectivity index (χ1) is 15.5.